The second-order valence-electron chi connectivity index (χ2n) is 4.85. The van der Waals surface area contributed by atoms with Crippen molar-refractivity contribution < 1.29 is 19.1 Å². The zero-order valence-electron chi connectivity index (χ0n) is 10.3. The van der Waals surface area contributed by atoms with Gasteiger partial charge < -0.3 is 14.8 Å². The molecule has 0 aromatic carbocycles. The normalized spacial score (nSPS) is 31.3. The Bertz CT molecular complexity index is 308. The predicted octanol–water partition coefficient (Wildman–Crippen LogP) is 1.32. The van der Waals surface area contributed by atoms with Crippen LogP contribution in [0.4, 0.5) is 4.79 Å². The molecule has 1 N–H and O–H groups in total. The Labute approximate surface area is 101 Å². The number of esters is 1. The van der Waals surface area contributed by atoms with Gasteiger partial charge in [0.25, 0.3) is 0 Å². The van der Waals surface area contributed by atoms with E-state index in [2.05, 4.69) is 10.1 Å². The lowest BCUT2D eigenvalue weighted by Crippen LogP contribution is -2.46. The van der Waals surface area contributed by atoms with E-state index >= 15 is 0 Å². The minimum Gasteiger partial charge on any atom is -0.464 e. The van der Waals surface area contributed by atoms with Crippen molar-refractivity contribution in [1.29, 1.82) is 0 Å². The van der Waals surface area contributed by atoms with Gasteiger partial charge in [0.1, 0.15) is 6.04 Å². The minimum absolute atomic E-state index is 0.205. The predicted molar refractivity (Wildman–Crippen MR) is 60.3 cm³/mol. The molecule has 5 nitrogen and oxygen atoms in total. The summed E-state index contributed by atoms with van der Waals surface area (Å²) < 4.78 is 9.55. The zero-order chi connectivity index (χ0) is 12.4. The van der Waals surface area contributed by atoms with Gasteiger partial charge in [-0.15, -0.1) is 0 Å². The average molecular weight is 241 g/mol. The smallest absolute Gasteiger partial charge is 0.407 e. The molecule has 2 rings (SSSR count). The van der Waals surface area contributed by atoms with Gasteiger partial charge in [-0.2, -0.15) is 0 Å². The Hall–Kier alpha value is -1.26. The fourth-order valence-electron chi connectivity index (χ4n) is 2.82. The van der Waals surface area contributed by atoms with Crippen LogP contribution >= 0.6 is 0 Å². The molecule has 0 bridgehead atoms. The Morgan fingerprint density at radius 2 is 1.94 bits per heavy atom. The van der Waals surface area contributed by atoms with Crippen molar-refractivity contribution in [2.24, 2.45) is 17.8 Å². The first-order chi connectivity index (χ1) is 8.15. The summed E-state index contributed by atoms with van der Waals surface area (Å²) >= 11 is 0. The van der Waals surface area contributed by atoms with Crippen molar-refractivity contribution in [2.75, 3.05) is 13.7 Å². The molecule has 0 radical (unpaired) electrons. The number of amides is 1. The Kier molecular flexibility index (Phi) is 3.54. The zero-order valence-corrected chi connectivity index (χ0v) is 10.3. The van der Waals surface area contributed by atoms with Crippen LogP contribution in [0.25, 0.3) is 0 Å². The third kappa shape index (κ3) is 2.70. The SMILES string of the molecule is CCOC(=O)C(NC(=O)OC)[C@@H]1C[C@@H]2C[C@@H]2C1. The number of nitrogens with one attached hydrogen (secondary N) is 1. The number of hydrogen-bond donors (Lipinski definition) is 1. The summed E-state index contributed by atoms with van der Waals surface area (Å²) in [6.07, 6.45) is 2.74. The third-order valence-electron chi connectivity index (χ3n) is 3.75. The number of rotatable bonds is 4. The number of fused-ring (bicyclic) bond motifs is 1. The molecule has 0 aliphatic heterocycles. The lowest BCUT2D eigenvalue weighted by molar-refractivity contribution is -0.147. The molecule has 0 saturated heterocycles. The van der Waals surface area contributed by atoms with Gasteiger partial charge in [-0.25, -0.2) is 9.59 Å². The summed E-state index contributed by atoms with van der Waals surface area (Å²) in [5.41, 5.74) is 0. The van der Waals surface area contributed by atoms with E-state index in [1.165, 1.54) is 13.5 Å². The van der Waals surface area contributed by atoms with Crippen LogP contribution in [0.5, 0.6) is 0 Å². The number of ether oxygens (including phenoxy) is 2. The molecule has 1 unspecified atom stereocenters. The summed E-state index contributed by atoms with van der Waals surface area (Å²) in [4.78, 5) is 23.0. The maximum Gasteiger partial charge on any atom is 0.407 e. The highest BCUT2D eigenvalue weighted by Crippen LogP contribution is 2.55. The summed E-state index contributed by atoms with van der Waals surface area (Å²) in [7, 11) is 1.30. The standard InChI is InChI=1S/C12H19NO4/c1-3-17-11(14)10(13-12(15)16-2)9-5-7-4-8(7)6-9/h7-10H,3-6H2,1-2H3,(H,13,15)/t7-,8+,9+,10?. The average Bonchev–Trinajstić information content (AvgIpc) is 2.93. The van der Waals surface area contributed by atoms with E-state index in [9.17, 15) is 9.59 Å². The highest BCUT2D eigenvalue weighted by atomic mass is 16.5. The molecule has 96 valence electrons. The van der Waals surface area contributed by atoms with Crippen LogP contribution in [0.2, 0.25) is 0 Å². The lowest BCUT2D eigenvalue weighted by atomic mass is 9.94. The van der Waals surface area contributed by atoms with Gasteiger partial charge in [0.15, 0.2) is 0 Å². The summed E-state index contributed by atoms with van der Waals surface area (Å²) in [5, 5.41) is 2.60. The molecular formula is C12H19NO4. The quantitative estimate of drug-likeness (QED) is 0.754. The van der Waals surface area contributed by atoms with Crippen molar-refractivity contribution in [3.63, 3.8) is 0 Å². The van der Waals surface area contributed by atoms with Crippen LogP contribution < -0.4 is 5.32 Å². The van der Waals surface area contributed by atoms with E-state index < -0.39 is 12.1 Å². The molecule has 0 aromatic heterocycles. The molecule has 4 atom stereocenters. The summed E-state index contributed by atoms with van der Waals surface area (Å²) in [6, 6.07) is -0.546. The molecule has 0 spiro atoms. The van der Waals surface area contributed by atoms with Gasteiger partial charge in [-0.3, -0.25) is 0 Å². The number of hydrogen-bond acceptors (Lipinski definition) is 4. The van der Waals surface area contributed by atoms with Gasteiger partial charge in [0.2, 0.25) is 0 Å². The maximum atomic E-state index is 11.8. The molecule has 2 aliphatic carbocycles. The van der Waals surface area contributed by atoms with Crippen LogP contribution in [0.3, 0.4) is 0 Å². The fraction of sp³-hybridized carbons (Fsp3) is 0.833. The van der Waals surface area contributed by atoms with E-state index in [1.54, 1.807) is 6.92 Å². The topological polar surface area (TPSA) is 64.6 Å². The van der Waals surface area contributed by atoms with Crippen molar-refractivity contribution in [2.45, 2.75) is 32.2 Å². The lowest BCUT2D eigenvalue weighted by Gasteiger charge is -2.23. The van der Waals surface area contributed by atoms with Gasteiger partial charge >= 0.3 is 12.1 Å². The molecule has 0 aromatic rings. The van der Waals surface area contributed by atoms with Crippen LogP contribution in [0.15, 0.2) is 0 Å². The van der Waals surface area contributed by atoms with Crippen LogP contribution in [0.1, 0.15) is 26.2 Å². The molecule has 2 saturated carbocycles. The molecule has 1 amide bonds. The fourth-order valence-corrected chi connectivity index (χ4v) is 2.82. The third-order valence-corrected chi connectivity index (χ3v) is 3.75. The number of methoxy groups -OCH3 is 1. The first kappa shape index (κ1) is 12.2. The highest BCUT2D eigenvalue weighted by Gasteiger charge is 2.50. The highest BCUT2D eigenvalue weighted by molar-refractivity contribution is 5.81. The Morgan fingerprint density at radius 1 is 1.29 bits per heavy atom. The van der Waals surface area contributed by atoms with Crippen LogP contribution in [-0.2, 0) is 14.3 Å². The summed E-state index contributed by atoms with van der Waals surface area (Å²) in [5.74, 6) is 1.38. The molecule has 17 heavy (non-hydrogen) atoms. The number of carbonyl (C=O) groups excluding carboxylic acids is 2. The summed E-state index contributed by atoms with van der Waals surface area (Å²) in [6.45, 7) is 2.09. The van der Waals surface area contributed by atoms with E-state index in [1.807, 2.05) is 0 Å². The Balaban J connectivity index is 1.95. The second-order valence-corrected chi connectivity index (χ2v) is 4.85. The number of alkyl carbamates (subject to hydrolysis) is 1. The minimum atomic E-state index is -0.566. The largest absolute Gasteiger partial charge is 0.464 e. The van der Waals surface area contributed by atoms with E-state index in [0.29, 0.717) is 6.61 Å². The van der Waals surface area contributed by atoms with Crippen molar-refractivity contribution in [1.82, 2.24) is 5.32 Å². The second kappa shape index (κ2) is 4.94. The van der Waals surface area contributed by atoms with Gasteiger partial charge in [0.05, 0.1) is 13.7 Å². The van der Waals surface area contributed by atoms with Gasteiger partial charge in [-0.1, -0.05) is 0 Å². The Morgan fingerprint density at radius 3 is 2.47 bits per heavy atom. The van der Waals surface area contributed by atoms with Crippen LogP contribution in [0, 0.1) is 17.8 Å². The van der Waals surface area contributed by atoms with Gasteiger partial charge in [0, 0.05) is 0 Å². The first-order valence-corrected chi connectivity index (χ1v) is 6.16. The maximum absolute atomic E-state index is 11.8. The van der Waals surface area contributed by atoms with Crippen molar-refractivity contribution in [3.05, 3.63) is 0 Å². The van der Waals surface area contributed by atoms with Crippen molar-refractivity contribution >= 4 is 12.1 Å². The van der Waals surface area contributed by atoms with Crippen LogP contribution in [-0.4, -0.2) is 31.8 Å². The molecule has 2 aliphatic rings. The van der Waals surface area contributed by atoms with E-state index in [0.717, 1.165) is 24.7 Å². The van der Waals surface area contributed by atoms with E-state index in [-0.39, 0.29) is 11.9 Å². The molecule has 2 fully saturated rings. The molecular weight excluding hydrogens is 222 g/mol. The van der Waals surface area contributed by atoms with Crippen molar-refractivity contribution in [3.8, 4) is 0 Å². The first-order valence-electron chi connectivity index (χ1n) is 6.16. The molecule has 5 heteroatoms. The monoisotopic (exact) mass is 241 g/mol. The van der Waals surface area contributed by atoms with E-state index in [4.69, 9.17) is 4.74 Å². The number of carbonyl (C=O) groups is 2. The van der Waals surface area contributed by atoms with Gasteiger partial charge in [-0.05, 0) is 43.9 Å². The molecule has 0 heterocycles.